The summed E-state index contributed by atoms with van der Waals surface area (Å²) in [6.07, 6.45) is 3.71. The van der Waals surface area contributed by atoms with E-state index in [-0.39, 0.29) is 0 Å². The minimum atomic E-state index is 0.650. The summed E-state index contributed by atoms with van der Waals surface area (Å²) >= 11 is 0. The lowest BCUT2D eigenvalue weighted by Crippen LogP contribution is -2.06. The van der Waals surface area contributed by atoms with Crippen molar-refractivity contribution in [2.45, 2.75) is 19.8 Å². The molecule has 0 aliphatic rings. The van der Waals surface area contributed by atoms with E-state index >= 15 is 0 Å². The number of hydrogen-bond donors (Lipinski definition) is 1. The van der Waals surface area contributed by atoms with Crippen LogP contribution in [0, 0.1) is 0 Å². The molecule has 0 saturated carbocycles. The number of nitrogens with two attached hydrogens (primary N) is 1. The molecule has 96 valence electrons. The second-order valence-electron chi connectivity index (χ2n) is 4.12. The number of benzene rings is 1. The van der Waals surface area contributed by atoms with Crippen LogP contribution < -0.4 is 10.5 Å². The van der Waals surface area contributed by atoms with Crippen molar-refractivity contribution in [2.75, 3.05) is 13.7 Å². The third kappa shape index (κ3) is 2.38. The Morgan fingerprint density at radius 1 is 1.39 bits per heavy atom. The summed E-state index contributed by atoms with van der Waals surface area (Å²) in [5, 5.41) is 4.46. The van der Waals surface area contributed by atoms with Gasteiger partial charge in [0.25, 0.3) is 0 Å². The summed E-state index contributed by atoms with van der Waals surface area (Å²) in [6.45, 7) is 2.78. The monoisotopic (exact) mass is 245 g/mol. The predicted molar refractivity (Wildman–Crippen MR) is 72.3 cm³/mol. The van der Waals surface area contributed by atoms with Crippen LogP contribution in [0.5, 0.6) is 5.75 Å². The SMILES string of the molecule is CCc1c(CCN)cnn1-c1cccc(OC)c1. The zero-order chi connectivity index (χ0) is 13.0. The number of nitrogens with zero attached hydrogens (tertiary/aromatic N) is 2. The highest BCUT2D eigenvalue weighted by molar-refractivity contribution is 5.41. The van der Waals surface area contributed by atoms with Crippen molar-refractivity contribution in [1.29, 1.82) is 0 Å². The molecule has 4 nitrogen and oxygen atoms in total. The molecule has 18 heavy (non-hydrogen) atoms. The first kappa shape index (κ1) is 12.6. The van der Waals surface area contributed by atoms with Crippen LogP contribution in [0.2, 0.25) is 0 Å². The van der Waals surface area contributed by atoms with E-state index in [0.717, 1.165) is 24.3 Å². The van der Waals surface area contributed by atoms with Crippen molar-refractivity contribution in [2.24, 2.45) is 5.73 Å². The molecule has 0 atom stereocenters. The normalized spacial score (nSPS) is 10.6. The van der Waals surface area contributed by atoms with E-state index in [1.807, 2.05) is 35.1 Å². The van der Waals surface area contributed by atoms with Crippen molar-refractivity contribution in [3.63, 3.8) is 0 Å². The van der Waals surface area contributed by atoms with Gasteiger partial charge in [-0.2, -0.15) is 5.10 Å². The number of hydrogen-bond acceptors (Lipinski definition) is 3. The summed E-state index contributed by atoms with van der Waals surface area (Å²) in [5.41, 5.74) is 9.08. The van der Waals surface area contributed by atoms with Crippen LogP contribution in [0.1, 0.15) is 18.2 Å². The Kier molecular flexibility index (Phi) is 3.99. The van der Waals surface area contributed by atoms with Gasteiger partial charge in [0.1, 0.15) is 5.75 Å². The molecule has 0 radical (unpaired) electrons. The van der Waals surface area contributed by atoms with Gasteiger partial charge in [0.2, 0.25) is 0 Å². The molecule has 2 rings (SSSR count). The minimum absolute atomic E-state index is 0.650. The number of rotatable bonds is 5. The molecule has 4 heteroatoms. The van der Waals surface area contributed by atoms with E-state index < -0.39 is 0 Å². The molecule has 0 spiro atoms. The fourth-order valence-electron chi connectivity index (χ4n) is 2.11. The third-order valence-electron chi connectivity index (χ3n) is 3.00. The van der Waals surface area contributed by atoms with Crippen molar-refractivity contribution in [1.82, 2.24) is 9.78 Å². The highest BCUT2D eigenvalue weighted by Crippen LogP contribution is 2.20. The number of aromatic nitrogens is 2. The van der Waals surface area contributed by atoms with E-state index in [2.05, 4.69) is 12.0 Å². The van der Waals surface area contributed by atoms with Crippen LogP contribution in [0.25, 0.3) is 5.69 Å². The highest BCUT2D eigenvalue weighted by atomic mass is 16.5. The largest absolute Gasteiger partial charge is 0.497 e. The maximum Gasteiger partial charge on any atom is 0.121 e. The van der Waals surface area contributed by atoms with Crippen molar-refractivity contribution in [3.05, 3.63) is 41.7 Å². The zero-order valence-corrected chi connectivity index (χ0v) is 10.9. The Labute approximate surface area is 107 Å². The minimum Gasteiger partial charge on any atom is -0.497 e. The molecule has 0 amide bonds. The van der Waals surface area contributed by atoms with Crippen molar-refractivity contribution < 1.29 is 4.74 Å². The fourth-order valence-corrected chi connectivity index (χ4v) is 2.11. The average Bonchev–Trinajstić information content (AvgIpc) is 2.82. The standard InChI is InChI=1S/C14H19N3O/c1-3-14-11(7-8-15)10-16-17(14)12-5-4-6-13(9-12)18-2/h4-6,9-10H,3,7-8,15H2,1-2H3. The van der Waals surface area contributed by atoms with Gasteiger partial charge in [-0.05, 0) is 37.1 Å². The smallest absolute Gasteiger partial charge is 0.121 e. The molecule has 0 saturated heterocycles. The second-order valence-corrected chi connectivity index (χ2v) is 4.12. The lowest BCUT2D eigenvalue weighted by atomic mass is 10.1. The van der Waals surface area contributed by atoms with Gasteiger partial charge in [0, 0.05) is 11.8 Å². The lowest BCUT2D eigenvalue weighted by Gasteiger charge is -2.09. The molecule has 2 aromatic rings. The molecular weight excluding hydrogens is 226 g/mol. The second kappa shape index (κ2) is 5.69. The molecule has 0 aliphatic heterocycles. The molecule has 1 aromatic carbocycles. The Bertz CT molecular complexity index is 520. The summed E-state index contributed by atoms with van der Waals surface area (Å²) in [5.74, 6) is 0.838. The molecule has 1 heterocycles. The lowest BCUT2D eigenvalue weighted by molar-refractivity contribution is 0.414. The average molecular weight is 245 g/mol. The topological polar surface area (TPSA) is 53.1 Å². The Morgan fingerprint density at radius 3 is 2.89 bits per heavy atom. The summed E-state index contributed by atoms with van der Waals surface area (Å²) in [6, 6.07) is 7.91. The van der Waals surface area contributed by atoms with E-state index in [0.29, 0.717) is 6.54 Å². The number of ether oxygens (including phenoxy) is 1. The van der Waals surface area contributed by atoms with Gasteiger partial charge < -0.3 is 10.5 Å². The molecular formula is C14H19N3O. The van der Waals surface area contributed by atoms with Gasteiger partial charge in [0.05, 0.1) is 19.0 Å². The Morgan fingerprint density at radius 2 is 2.22 bits per heavy atom. The summed E-state index contributed by atoms with van der Waals surface area (Å²) in [7, 11) is 1.67. The van der Waals surface area contributed by atoms with Crippen LogP contribution in [-0.2, 0) is 12.8 Å². The molecule has 0 fully saturated rings. The maximum atomic E-state index is 5.62. The molecule has 0 bridgehead atoms. The van der Waals surface area contributed by atoms with E-state index in [9.17, 15) is 0 Å². The highest BCUT2D eigenvalue weighted by Gasteiger charge is 2.10. The van der Waals surface area contributed by atoms with E-state index in [1.165, 1.54) is 11.3 Å². The summed E-state index contributed by atoms with van der Waals surface area (Å²) in [4.78, 5) is 0. The van der Waals surface area contributed by atoms with Gasteiger partial charge in [-0.15, -0.1) is 0 Å². The Hall–Kier alpha value is -1.81. The van der Waals surface area contributed by atoms with Gasteiger partial charge in [0.15, 0.2) is 0 Å². The van der Waals surface area contributed by atoms with E-state index in [1.54, 1.807) is 7.11 Å². The van der Waals surface area contributed by atoms with Crippen LogP contribution in [0.4, 0.5) is 0 Å². The van der Waals surface area contributed by atoms with Crippen LogP contribution in [0.3, 0.4) is 0 Å². The van der Waals surface area contributed by atoms with E-state index in [4.69, 9.17) is 10.5 Å². The number of methoxy groups -OCH3 is 1. The van der Waals surface area contributed by atoms with Gasteiger partial charge in [-0.3, -0.25) is 0 Å². The van der Waals surface area contributed by atoms with Gasteiger partial charge in [-0.25, -0.2) is 4.68 Å². The van der Waals surface area contributed by atoms with Crippen LogP contribution in [-0.4, -0.2) is 23.4 Å². The third-order valence-corrected chi connectivity index (χ3v) is 3.00. The fraction of sp³-hybridized carbons (Fsp3) is 0.357. The first-order valence-corrected chi connectivity index (χ1v) is 6.20. The quantitative estimate of drug-likeness (QED) is 0.876. The molecule has 0 aliphatic carbocycles. The first-order chi connectivity index (χ1) is 8.80. The van der Waals surface area contributed by atoms with Gasteiger partial charge >= 0.3 is 0 Å². The predicted octanol–water partition coefficient (Wildman–Crippen LogP) is 1.94. The van der Waals surface area contributed by atoms with Gasteiger partial charge in [-0.1, -0.05) is 13.0 Å². The van der Waals surface area contributed by atoms with Crippen LogP contribution >= 0.6 is 0 Å². The Balaban J connectivity index is 2.43. The summed E-state index contributed by atoms with van der Waals surface area (Å²) < 4.78 is 7.21. The molecule has 2 N–H and O–H groups in total. The van der Waals surface area contributed by atoms with Crippen LogP contribution in [0.15, 0.2) is 30.5 Å². The van der Waals surface area contributed by atoms with Crippen molar-refractivity contribution in [3.8, 4) is 11.4 Å². The zero-order valence-electron chi connectivity index (χ0n) is 10.9. The first-order valence-electron chi connectivity index (χ1n) is 6.20. The molecule has 0 unspecified atom stereocenters. The van der Waals surface area contributed by atoms with Crippen molar-refractivity contribution >= 4 is 0 Å². The maximum absolute atomic E-state index is 5.62. The molecule has 1 aromatic heterocycles.